The third kappa shape index (κ3) is 6.92. The van der Waals surface area contributed by atoms with E-state index in [1.54, 1.807) is 6.08 Å². The molecular formula is C29H28BrClN2O3S. The molecule has 1 N–H and O–H groups in total. The molecule has 0 spiro atoms. The van der Waals surface area contributed by atoms with Gasteiger partial charge in [0.1, 0.15) is 6.61 Å². The third-order valence-electron chi connectivity index (χ3n) is 5.91. The van der Waals surface area contributed by atoms with Crippen molar-refractivity contribution in [2.24, 2.45) is 0 Å². The first-order valence-electron chi connectivity index (χ1n) is 12.1. The van der Waals surface area contributed by atoms with Crippen LogP contribution in [0.2, 0.25) is 5.02 Å². The highest BCUT2D eigenvalue weighted by Gasteiger charge is 2.14. The maximum atomic E-state index is 12.6. The van der Waals surface area contributed by atoms with Gasteiger partial charge in [-0.15, -0.1) is 0 Å². The SMILES string of the molecule is CCOc1cc(/C=C/C(=O)Nc2nc3ccc(C(C)CC)cc3s2)cc(Br)c1OCc1ccccc1Cl. The first-order valence-corrected chi connectivity index (χ1v) is 14.1. The molecule has 1 unspecified atom stereocenters. The van der Waals surface area contributed by atoms with Crippen molar-refractivity contribution in [3.63, 3.8) is 0 Å². The molecule has 0 aliphatic carbocycles. The Bertz CT molecular complexity index is 1440. The van der Waals surface area contributed by atoms with E-state index in [9.17, 15) is 4.79 Å². The van der Waals surface area contributed by atoms with Crippen LogP contribution in [0.25, 0.3) is 16.3 Å². The number of nitrogens with one attached hydrogen (secondary N) is 1. The molecule has 8 heteroatoms. The van der Waals surface area contributed by atoms with Crippen LogP contribution in [0.5, 0.6) is 11.5 Å². The number of nitrogens with zero attached hydrogens (tertiary/aromatic N) is 1. The number of carbonyl (C=O) groups is 1. The van der Waals surface area contributed by atoms with Gasteiger partial charge in [0.05, 0.1) is 21.3 Å². The number of hydrogen-bond donors (Lipinski definition) is 1. The van der Waals surface area contributed by atoms with Gasteiger partial charge in [-0.1, -0.05) is 61.1 Å². The quantitative estimate of drug-likeness (QED) is 0.185. The number of halogens is 2. The van der Waals surface area contributed by atoms with Crippen molar-refractivity contribution in [3.05, 3.63) is 86.9 Å². The van der Waals surface area contributed by atoms with Gasteiger partial charge in [-0.25, -0.2) is 4.98 Å². The zero-order chi connectivity index (χ0) is 26.4. The fourth-order valence-electron chi connectivity index (χ4n) is 3.71. The Hall–Kier alpha value is -2.87. The second-order valence-electron chi connectivity index (χ2n) is 8.52. The van der Waals surface area contributed by atoms with E-state index in [0.717, 1.165) is 27.8 Å². The van der Waals surface area contributed by atoms with Gasteiger partial charge in [-0.05, 0) is 82.7 Å². The van der Waals surface area contributed by atoms with Crippen LogP contribution in [-0.2, 0) is 11.4 Å². The molecule has 0 saturated heterocycles. The maximum Gasteiger partial charge on any atom is 0.250 e. The molecule has 4 rings (SSSR count). The van der Waals surface area contributed by atoms with E-state index >= 15 is 0 Å². The average molecular weight is 600 g/mol. The summed E-state index contributed by atoms with van der Waals surface area (Å²) >= 11 is 11.3. The third-order valence-corrected chi connectivity index (χ3v) is 7.80. The largest absolute Gasteiger partial charge is 0.490 e. The molecule has 37 heavy (non-hydrogen) atoms. The monoisotopic (exact) mass is 598 g/mol. The maximum absolute atomic E-state index is 12.6. The van der Waals surface area contributed by atoms with Crippen molar-refractivity contribution in [2.45, 2.75) is 39.7 Å². The van der Waals surface area contributed by atoms with Gasteiger partial charge in [0, 0.05) is 16.7 Å². The lowest BCUT2D eigenvalue weighted by Crippen LogP contribution is -2.07. The zero-order valence-corrected chi connectivity index (χ0v) is 24.0. The van der Waals surface area contributed by atoms with E-state index in [1.807, 2.05) is 49.4 Å². The molecule has 3 aromatic carbocycles. The summed E-state index contributed by atoms with van der Waals surface area (Å²) in [4.78, 5) is 17.2. The highest BCUT2D eigenvalue weighted by molar-refractivity contribution is 9.10. The van der Waals surface area contributed by atoms with Crippen LogP contribution in [0.1, 0.15) is 49.8 Å². The summed E-state index contributed by atoms with van der Waals surface area (Å²) in [6.07, 6.45) is 4.29. The zero-order valence-electron chi connectivity index (χ0n) is 20.9. The van der Waals surface area contributed by atoms with Crippen molar-refractivity contribution in [2.75, 3.05) is 11.9 Å². The molecule has 1 aromatic heterocycles. The number of thiazole rings is 1. The second kappa shape index (κ2) is 12.6. The number of aromatic nitrogens is 1. The van der Waals surface area contributed by atoms with E-state index in [-0.39, 0.29) is 5.91 Å². The Morgan fingerprint density at radius 1 is 1.16 bits per heavy atom. The molecule has 0 aliphatic rings. The highest BCUT2D eigenvalue weighted by atomic mass is 79.9. The van der Waals surface area contributed by atoms with Gasteiger partial charge in [0.25, 0.3) is 0 Å². The summed E-state index contributed by atoms with van der Waals surface area (Å²) in [6.45, 7) is 7.07. The Labute approximate surface area is 234 Å². The Balaban J connectivity index is 1.46. The van der Waals surface area contributed by atoms with Crippen LogP contribution in [0, 0.1) is 0 Å². The van der Waals surface area contributed by atoms with Crippen LogP contribution >= 0.6 is 38.9 Å². The van der Waals surface area contributed by atoms with Crippen molar-refractivity contribution < 1.29 is 14.3 Å². The number of ether oxygens (including phenoxy) is 2. The molecule has 0 bridgehead atoms. The van der Waals surface area contributed by atoms with Gasteiger partial charge in [-0.3, -0.25) is 10.1 Å². The molecule has 0 fully saturated rings. The Morgan fingerprint density at radius 3 is 2.73 bits per heavy atom. The van der Waals surface area contributed by atoms with Crippen LogP contribution in [-0.4, -0.2) is 17.5 Å². The minimum absolute atomic E-state index is 0.255. The summed E-state index contributed by atoms with van der Waals surface area (Å²) in [5, 5.41) is 4.09. The number of amides is 1. The number of carbonyl (C=O) groups excluding carboxylic acids is 1. The van der Waals surface area contributed by atoms with Gasteiger partial charge in [0.2, 0.25) is 5.91 Å². The summed E-state index contributed by atoms with van der Waals surface area (Å²) < 4.78 is 13.6. The minimum Gasteiger partial charge on any atom is -0.490 e. The molecule has 0 radical (unpaired) electrons. The average Bonchev–Trinajstić information content (AvgIpc) is 3.29. The van der Waals surface area contributed by atoms with E-state index < -0.39 is 0 Å². The van der Waals surface area contributed by atoms with Crippen LogP contribution < -0.4 is 14.8 Å². The van der Waals surface area contributed by atoms with E-state index in [1.165, 1.54) is 23.0 Å². The Kier molecular flexibility index (Phi) is 9.24. The topological polar surface area (TPSA) is 60.5 Å². The highest BCUT2D eigenvalue weighted by Crippen LogP contribution is 2.38. The standard InChI is InChI=1S/C29H28BrClN2O3S/c1-4-18(3)20-11-12-24-26(16-20)37-29(32-24)33-27(34)13-10-19-14-22(30)28(25(15-19)35-5-2)36-17-21-8-6-7-9-23(21)31/h6-16,18H,4-5,17H2,1-3H3,(H,32,33,34)/b13-10+. The molecule has 1 amide bonds. The Morgan fingerprint density at radius 2 is 1.97 bits per heavy atom. The van der Waals surface area contributed by atoms with Gasteiger partial charge < -0.3 is 9.47 Å². The lowest BCUT2D eigenvalue weighted by Gasteiger charge is -2.15. The summed E-state index contributed by atoms with van der Waals surface area (Å²) in [5.41, 5.74) is 3.84. The van der Waals surface area contributed by atoms with Crippen molar-refractivity contribution >= 4 is 66.2 Å². The lowest BCUT2D eigenvalue weighted by molar-refractivity contribution is -0.111. The number of anilines is 1. The first kappa shape index (κ1) is 27.2. The van der Waals surface area contributed by atoms with Gasteiger partial charge in [0.15, 0.2) is 16.6 Å². The predicted molar refractivity (Wildman–Crippen MR) is 157 cm³/mol. The van der Waals surface area contributed by atoms with Crippen LogP contribution in [0.4, 0.5) is 5.13 Å². The summed E-state index contributed by atoms with van der Waals surface area (Å²) in [7, 11) is 0. The van der Waals surface area contributed by atoms with Gasteiger partial charge >= 0.3 is 0 Å². The van der Waals surface area contributed by atoms with Crippen molar-refractivity contribution in [3.8, 4) is 11.5 Å². The fourth-order valence-corrected chi connectivity index (χ4v) is 5.39. The molecule has 5 nitrogen and oxygen atoms in total. The second-order valence-corrected chi connectivity index (χ2v) is 10.8. The van der Waals surface area contributed by atoms with E-state index in [2.05, 4.69) is 52.2 Å². The van der Waals surface area contributed by atoms with E-state index in [4.69, 9.17) is 21.1 Å². The summed E-state index contributed by atoms with van der Waals surface area (Å²) in [6, 6.07) is 17.5. The number of rotatable bonds is 10. The lowest BCUT2D eigenvalue weighted by atomic mass is 9.99. The summed E-state index contributed by atoms with van der Waals surface area (Å²) in [5.74, 6) is 1.39. The smallest absolute Gasteiger partial charge is 0.250 e. The number of fused-ring (bicyclic) bond motifs is 1. The molecule has 0 saturated carbocycles. The first-order chi connectivity index (χ1) is 17.9. The molecular weight excluding hydrogens is 572 g/mol. The molecule has 1 heterocycles. The van der Waals surface area contributed by atoms with Crippen molar-refractivity contribution in [1.29, 1.82) is 0 Å². The van der Waals surface area contributed by atoms with Crippen LogP contribution in [0.15, 0.2) is 65.1 Å². The molecule has 4 aromatic rings. The normalized spacial score (nSPS) is 12.1. The molecule has 1 atom stereocenters. The van der Waals surface area contributed by atoms with Gasteiger partial charge in [-0.2, -0.15) is 0 Å². The van der Waals surface area contributed by atoms with Crippen molar-refractivity contribution in [1.82, 2.24) is 4.98 Å². The number of hydrogen-bond acceptors (Lipinski definition) is 5. The fraction of sp³-hybridized carbons (Fsp3) is 0.241. The molecule has 192 valence electrons. The minimum atomic E-state index is -0.255. The van der Waals surface area contributed by atoms with E-state index in [0.29, 0.717) is 45.3 Å². The van der Waals surface area contributed by atoms with Crippen LogP contribution in [0.3, 0.4) is 0 Å². The molecule has 0 aliphatic heterocycles. The number of benzene rings is 3. The predicted octanol–water partition coefficient (Wildman–Crippen LogP) is 8.86.